The highest BCUT2D eigenvalue weighted by atomic mass is 127. The van der Waals surface area contributed by atoms with E-state index in [9.17, 15) is 23.1 Å². The number of carbonyl (C=O) groups is 1. The maximum absolute atomic E-state index is 12.4. The number of guanidine groups is 1. The number of anilines is 1. The molecule has 0 unspecified atom stereocenters. The first kappa shape index (κ1) is 23.3. The van der Waals surface area contributed by atoms with Gasteiger partial charge in [0.1, 0.15) is 5.75 Å². The second kappa shape index (κ2) is 10.6. The van der Waals surface area contributed by atoms with Crippen molar-refractivity contribution in [1.29, 1.82) is 0 Å². The first-order valence-corrected chi connectivity index (χ1v) is 7.74. The number of nitrogens with zero attached hydrogens (tertiary/aromatic N) is 1. The fourth-order valence-electron chi connectivity index (χ4n) is 2.07. The molecule has 0 spiro atoms. The van der Waals surface area contributed by atoms with E-state index in [0.29, 0.717) is 0 Å². The third-order valence-electron chi connectivity index (χ3n) is 3.20. The van der Waals surface area contributed by atoms with Gasteiger partial charge in [-0.1, -0.05) is 24.3 Å². The number of ether oxygens (including phenoxy) is 1. The summed E-state index contributed by atoms with van der Waals surface area (Å²) >= 11 is 0. The monoisotopic (exact) mass is 510 g/mol. The summed E-state index contributed by atoms with van der Waals surface area (Å²) in [5.41, 5.74) is 5.75. The number of para-hydroxylation sites is 3. The smallest absolute Gasteiger partial charge is 0.507 e. The first-order valence-electron chi connectivity index (χ1n) is 7.74. The summed E-state index contributed by atoms with van der Waals surface area (Å²) in [4.78, 5) is 15.8. The van der Waals surface area contributed by atoms with Crippen LogP contribution in [0.4, 0.5) is 18.9 Å². The van der Waals surface area contributed by atoms with Crippen molar-refractivity contribution in [2.24, 2.45) is 10.7 Å². The number of phenolic OH excluding ortho intramolecular Hbond substituents is 1. The van der Waals surface area contributed by atoms with Gasteiger partial charge >= 0.3 is 6.36 Å². The molecule has 7 nitrogen and oxygen atoms in total. The van der Waals surface area contributed by atoms with Crippen molar-refractivity contribution in [3.63, 3.8) is 0 Å². The molecule has 0 heterocycles. The van der Waals surface area contributed by atoms with Gasteiger partial charge in [0.25, 0.3) is 5.91 Å². The van der Waals surface area contributed by atoms with Crippen molar-refractivity contribution in [1.82, 2.24) is 5.32 Å². The molecule has 0 aliphatic carbocycles. The zero-order chi connectivity index (χ0) is 19.9. The van der Waals surface area contributed by atoms with Crippen molar-refractivity contribution in [3.8, 4) is 11.5 Å². The number of aromatic hydroxyl groups is 1. The van der Waals surface area contributed by atoms with Gasteiger partial charge in [0.05, 0.1) is 17.8 Å². The van der Waals surface area contributed by atoms with Gasteiger partial charge < -0.3 is 26.2 Å². The number of nitrogens with two attached hydrogens (primary N) is 1. The molecule has 1 amide bonds. The number of rotatable bonds is 6. The molecule has 5 N–H and O–H groups in total. The zero-order valence-corrected chi connectivity index (χ0v) is 16.7. The van der Waals surface area contributed by atoms with Crippen molar-refractivity contribution < 1.29 is 27.8 Å². The molecular weight excluding hydrogens is 492 g/mol. The van der Waals surface area contributed by atoms with Gasteiger partial charge in [0, 0.05) is 6.54 Å². The summed E-state index contributed by atoms with van der Waals surface area (Å²) in [5.74, 6) is -1.24. The highest BCUT2D eigenvalue weighted by molar-refractivity contribution is 14.0. The summed E-state index contributed by atoms with van der Waals surface area (Å²) in [6.07, 6.45) is -4.84. The van der Waals surface area contributed by atoms with Crippen molar-refractivity contribution >= 4 is 41.5 Å². The molecule has 0 aromatic heterocycles. The molecule has 28 heavy (non-hydrogen) atoms. The molecular formula is C17H18F3IN4O3. The number of phenols is 1. The van der Waals surface area contributed by atoms with Crippen LogP contribution in [-0.2, 0) is 0 Å². The Labute approximate surface area is 175 Å². The van der Waals surface area contributed by atoms with Crippen LogP contribution in [0.3, 0.4) is 0 Å². The molecule has 11 heteroatoms. The molecule has 0 radical (unpaired) electrons. The van der Waals surface area contributed by atoms with Gasteiger partial charge in [-0.05, 0) is 24.3 Å². The molecule has 0 aliphatic rings. The van der Waals surface area contributed by atoms with Gasteiger partial charge in [0.2, 0.25) is 0 Å². The van der Waals surface area contributed by atoms with Gasteiger partial charge in [-0.3, -0.25) is 9.79 Å². The van der Waals surface area contributed by atoms with Crippen LogP contribution in [0.15, 0.2) is 53.5 Å². The van der Waals surface area contributed by atoms with Crippen LogP contribution < -0.4 is 21.1 Å². The Morgan fingerprint density at radius 2 is 1.79 bits per heavy atom. The fourth-order valence-corrected chi connectivity index (χ4v) is 2.07. The molecule has 0 atom stereocenters. The molecule has 0 saturated carbocycles. The Bertz CT molecular complexity index is 831. The molecule has 2 rings (SSSR count). The van der Waals surface area contributed by atoms with E-state index in [1.165, 1.54) is 30.3 Å². The molecule has 0 aliphatic heterocycles. The Balaban J connectivity index is 0.00000392. The third kappa shape index (κ3) is 7.50. The minimum atomic E-state index is -4.84. The number of halogens is 4. The van der Waals surface area contributed by atoms with E-state index in [2.05, 4.69) is 20.4 Å². The van der Waals surface area contributed by atoms with E-state index in [1.807, 2.05) is 0 Å². The van der Waals surface area contributed by atoms with Crippen LogP contribution >= 0.6 is 24.0 Å². The zero-order valence-electron chi connectivity index (χ0n) is 14.4. The molecule has 0 saturated heterocycles. The van der Waals surface area contributed by atoms with Crippen LogP contribution in [0.5, 0.6) is 11.5 Å². The number of amides is 1. The molecule has 2 aromatic rings. The molecule has 0 fully saturated rings. The van der Waals surface area contributed by atoms with E-state index in [4.69, 9.17) is 5.73 Å². The number of hydrogen-bond acceptors (Lipinski definition) is 4. The normalized spacial score (nSPS) is 11.3. The van der Waals surface area contributed by atoms with Crippen LogP contribution in [0.2, 0.25) is 0 Å². The predicted molar refractivity (Wildman–Crippen MR) is 109 cm³/mol. The standard InChI is InChI=1S/C17H17F3N4O3.HI/c18-17(19,20)27-14-8-4-2-6-12(14)24-16(21)23-10-9-22-15(26)11-5-1-3-7-13(11)25;/h1-8,25H,9-10H2,(H,22,26)(H3,21,23,24);1H. The number of nitrogens with one attached hydrogen (secondary N) is 2. The largest absolute Gasteiger partial charge is 0.573 e. The van der Waals surface area contributed by atoms with Crippen LogP contribution in [0.1, 0.15) is 10.4 Å². The van der Waals surface area contributed by atoms with E-state index in [-0.39, 0.29) is 60.0 Å². The summed E-state index contributed by atoms with van der Waals surface area (Å²) in [5, 5.41) is 14.6. The summed E-state index contributed by atoms with van der Waals surface area (Å²) in [6.45, 7) is 0.177. The number of carbonyl (C=O) groups excluding carboxylic acids is 1. The average molecular weight is 510 g/mol. The molecule has 2 aromatic carbocycles. The van der Waals surface area contributed by atoms with Gasteiger partial charge in [-0.25, -0.2) is 0 Å². The SMILES string of the molecule is I.NC(=NCCNC(=O)c1ccccc1O)Nc1ccccc1OC(F)(F)F. The lowest BCUT2D eigenvalue weighted by Gasteiger charge is -2.14. The topological polar surface area (TPSA) is 109 Å². The maximum Gasteiger partial charge on any atom is 0.573 e. The minimum absolute atomic E-state index is 0. The lowest BCUT2D eigenvalue weighted by atomic mass is 10.2. The highest BCUT2D eigenvalue weighted by Gasteiger charge is 2.32. The summed E-state index contributed by atoms with van der Waals surface area (Å²) < 4.78 is 41.0. The van der Waals surface area contributed by atoms with E-state index < -0.39 is 18.0 Å². The second-order valence-corrected chi connectivity index (χ2v) is 5.21. The summed E-state index contributed by atoms with van der Waals surface area (Å²) in [6, 6.07) is 11.4. The molecule has 152 valence electrons. The number of benzene rings is 2. The quantitative estimate of drug-likeness (QED) is 0.207. The second-order valence-electron chi connectivity index (χ2n) is 5.21. The number of hydrogen-bond donors (Lipinski definition) is 4. The van der Waals surface area contributed by atoms with E-state index in [0.717, 1.165) is 6.07 Å². The van der Waals surface area contributed by atoms with Crippen LogP contribution in [-0.4, -0.2) is 36.4 Å². The average Bonchev–Trinajstić information content (AvgIpc) is 2.59. The van der Waals surface area contributed by atoms with Crippen LogP contribution in [0, 0.1) is 0 Å². The van der Waals surface area contributed by atoms with Crippen molar-refractivity contribution in [2.75, 3.05) is 18.4 Å². The Kier molecular flexibility index (Phi) is 8.82. The number of alkyl halides is 3. The van der Waals surface area contributed by atoms with Gasteiger partial charge in [-0.15, -0.1) is 37.1 Å². The Hall–Kier alpha value is -2.70. The van der Waals surface area contributed by atoms with Crippen molar-refractivity contribution in [2.45, 2.75) is 6.36 Å². The Morgan fingerprint density at radius 1 is 1.14 bits per heavy atom. The van der Waals surface area contributed by atoms with Crippen molar-refractivity contribution in [3.05, 3.63) is 54.1 Å². The van der Waals surface area contributed by atoms with Crippen LogP contribution in [0.25, 0.3) is 0 Å². The lowest BCUT2D eigenvalue weighted by Crippen LogP contribution is -2.28. The lowest BCUT2D eigenvalue weighted by molar-refractivity contribution is -0.274. The van der Waals surface area contributed by atoms with Gasteiger partial charge in [-0.2, -0.15) is 0 Å². The maximum atomic E-state index is 12.4. The predicted octanol–water partition coefficient (Wildman–Crippen LogP) is 3.07. The highest BCUT2D eigenvalue weighted by Crippen LogP contribution is 2.29. The molecule has 0 bridgehead atoms. The first-order chi connectivity index (χ1) is 12.8. The minimum Gasteiger partial charge on any atom is -0.507 e. The third-order valence-corrected chi connectivity index (χ3v) is 3.20. The Morgan fingerprint density at radius 3 is 2.46 bits per heavy atom. The van der Waals surface area contributed by atoms with Gasteiger partial charge in [0.15, 0.2) is 11.7 Å². The number of aliphatic imine (C=N–C) groups is 1. The van der Waals surface area contributed by atoms with E-state index >= 15 is 0 Å². The fraction of sp³-hybridized carbons (Fsp3) is 0.176. The van der Waals surface area contributed by atoms with E-state index in [1.54, 1.807) is 12.1 Å². The summed E-state index contributed by atoms with van der Waals surface area (Å²) in [7, 11) is 0.